The van der Waals surface area contributed by atoms with E-state index in [1.807, 2.05) is 153 Å². The second kappa shape index (κ2) is 48.7. The van der Waals surface area contributed by atoms with Crippen LogP contribution in [0.5, 0.6) is 46.0 Å². The molecule has 1 aliphatic rings. The van der Waals surface area contributed by atoms with Crippen LogP contribution in [-0.2, 0) is 18.8 Å². The topological polar surface area (TPSA) is 141 Å². The molecule has 5 heterocycles. The molecule has 1 saturated heterocycles. The van der Waals surface area contributed by atoms with Gasteiger partial charge in [-0.25, -0.2) is 0 Å². The van der Waals surface area contributed by atoms with Crippen LogP contribution in [0.3, 0.4) is 0 Å². The number of carbonyl (C=O) groups excluding carboxylic acids is 1. The summed E-state index contributed by atoms with van der Waals surface area (Å²) in [6.45, 7) is 17.9. The van der Waals surface area contributed by atoms with Crippen LogP contribution in [0, 0.1) is 0 Å². The third-order valence-electron chi connectivity index (χ3n) is 23.0. The summed E-state index contributed by atoms with van der Waals surface area (Å²) in [5, 5.41) is 31.9. The SMILES string of the molecule is C.C.C=O.CC1(C)OB(c2cc(-c3ccccc3)cc(-c3ccccc3)c2)OC1(C)C.CCOCOc1c(-c2ccccc2OCCCCOc2ccccc2-c2csc(Br)c2OCC)csc1Br.Oc1c(-c2ccccc2OCCCCOc2ccccc2-c2csc(-c3cc(-c4ccccc4)cc(-c4ccccc4)c3)c2O)csc1-c1cc(-c2ccccc2)cc(-c2ccccc2)c1. The summed E-state index contributed by atoms with van der Waals surface area (Å²) in [6.07, 6.45) is 3.27. The lowest BCUT2D eigenvalue weighted by molar-refractivity contribution is -0.0980. The Morgan fingerprint density at radius 3 is 0.844 bits per heavy atom. The molecule has 0 unspecified atom stereocenters. The first-order chi connectivity index (χ1) is 65.1. The molecule has 17 aromatic rings. The lowest BCUT2D eigenvalue weighted by Gasteiger charge is -2.32. The van der Waals surface area contributed by atoms with Crippen molar-refractivity contribution < 1.29 is 57.5 Å². The molecule has 2 N–H and O–H groups in total. The van der Waals surface area contributed by atoms with Crippen LogP contribution in [0.25, 0.3) is 132 Å². The van der Waals surface area contributed by atoms with Gasteiger partial charge in [0.1, 0.15) is 48.9 Å². The molecule has 12 nitrogen and oxygen atoms in total. The van der Waals surface area contributed by atoms with Crippen molar-refractivity contribution in [3.63, 3.8) is 0 Å². The molecule has 688 valence electrons. The number of thiophene rings is 4. The van der Waals surface area contributed by atoms with Crippen LogP contribution >= 0.6 is 77.2 Å². The quantitative estimate of drug-likeness (QED) is 0.0230. The van der Waals surface area contributed by atoms with Crippen LogP contribution in [0.15, 0.2) is 363 Å². The summed E-state index contributed by atoms with van der Waals surface area (Å²) in [7, 11) is -0.374. The monoisotopic (exact) mass is 1990 g/mol. The Morgan fingerprint density at radius 1 is 0.304 bits per heavy atom. The minimum atomic E-state index is -0.374. The third-order valence-corrected chi connectivity index (χ3v) is 28.4. The molecule has 18 rings (SSSR count). The van der Waals surface area contributed by atoms with E-state index in [1.54, 1.807) is 22.7 Å². The van der Waals surface area contributed by atoms with Gasteiger partial charge in [0.25, 0.3) is 0 Å². The lowest BCUT2D eigenvalue weighted by atomic mass is 9.76. The molecule has 135 heavy (non-hydrogen) atoms. The van der Waals surface area contributed by atoms with Gasteiger partial charge in [0.05, 0.1) is 54.0 Å². The Hall–Kier alpha value is -12.4. The molecule has 19 heteroatoms. The van der Waals surface area contributed by atoms with E-state index in [2.05, 4.69) is 283 Å². The van der Waals surface area contributed by atoms with Gasteiger partial charge in [-0.1, -0.05) is 282 Å². The van der Waals surface area contributed by atoms with Crippen molar-refractivity contribution in [2.75, 3.05) is 46.4 Å². The molecule has 0 radical (unpaired) electrons. The van der Waals surface area contributed by atoms with Crippen molar-refractivity contribution >= 4 is 96.6 Å². The number of hydrogen-bond acceptors (Lipinski definition) is 16. The number of unbranched alkanes of at least 4 members (excludes halogenated alkanes) is 2. The highest BCUT2D eigenvalue weighted by Crippen LogP contribution is 2.52. The molecule has 0 amide bonds. The summed E-state index contributed by atoms with van der Waals surface area (Å²) < 4.78 is 56.9. The molecular formula is C116H111BBr2O12S4. The minimum Gasteiger partial charge on any atom is -0.506 e. The van der Waals surface area contributed by atoms with Gasteiger partial charge >= 0.3 is 7.12 Å². The third kappa shape index (κ3) is 24.9. The highest BCUT2D eigenvalue weighted by atomic mass is 79.9. The summed E-state index contributed by atoms with van der Waals surface area (Å²) in [6, 6.07) is 114. The molecule has 0 spiro atoms. The zero-order chi connectivity index (χ0) is 92.5. The fraction of sp³-hybridized carbons (Fsp3) is 0.181. The van der Waals surface area contributed by atoms with Crippen molar-refractivity contribution in [1.82, 2.24) is 0 Å². The zero-order valence-corrected chi connectivity index (χ0v) is 81.4. The summed E-state index contributed by atoms with van der Waals surface area (Å²) in [4.78, 5) is 9.63. The second-order valence-corrected chi connectivity index (χ2v) is 38.5. The van der Waals surface area contributed by atoms with E-state index in [-0.39, 0.29) is 51.5 Å². The molecule has 1 fully saturated rings. The number of benzene rings is 13. The summed E-state index contributed by atoms with van der Waals surface area (Å²) >= 11 is 13.5. The molecule has 1 aliphatic heterocycles. The van der Waals surface area contributed by atoms with Crippen molar-refractivity contribution in [2.24, 2.45) is 0 Å². The van der Waals surface area contributed by atoms with Crippen LogP contribution < -0.4 is 33.9 Å². The van der Waals surface area contributed by atoms with E-state index in [0.29, 0.717) is 39.6 Å². The zero-order valence-electron chi connectivity index (χ0n) is 75.0. The second-order valence-electron chi connectivity index (χ2n) is 32.4. The molecule has 4 aromatic heterocycles. The van der Waals surface area contributed by atoms with E-state index in [0.717, 1.165) is 183 Å². The maximum atomic E-state index is 11.8. The van der Waals surface area contributed by atoms with Crippen molar-refractivity contribution in [3.8, 4) is 178 Å². The fourth-order valence-corrected chi connectivity index (χ4v) is 20.2. The molecule has 0 aliphatic carbocycles. The Bertz CT molecular complexity index is 6220. The number of aromatic hydroxyl groups is 2. The predicted molar refractivity (Wildman–Crippen MR) is 573 cm³/mol. The Morgan fingerprint density at radius 2 is 0.556 bits per heavy atom. The van der Waals surface area contributed by atoms with Gasteiger partial charge in [-0.3, -0.25) is 0 Å². The highest BCUT2D eigenvalue weighted by molar-refractivity contribution is 9.11. The lowest BCUT2D eigenvalue weighted by Crippen LogP contribution is -2.41. The first-order valence-electron chi connectivity index (χ1n) is 44.4. The number of ether oxygens (including phenoxy) is 7. The number of hydrogen-bond donors (Lipinski definition) is 2. The number of carbonyl (C=O) groups is 1. The molecule has 0 saturated carbocycles. The molecular weight excluding hydrogens is 1880 g/mol. The molecule has 0 bridgehead atoms. The Kier molecular flexibility index (Phi) is 36.1. The van der Waals surface area contributed by atoms with Crippen LogP contribution in [0.1, 0.15) is 82.1 Å². The average molecular weight is 2000 g/mol. The molecule has 13 aromatic carbocycles. The van der Waals surface area contributed by atoms with Crippen LogP contribution in [0.4, 0.5) is 0 Å². The number of halogens is 2. The first kappa shape index (κ1) is 100. The average Bonchev–Trinajstić information content (AvgIpc) is 1.63. The Balaban J connectivity index is 0.000000188. The van der Waals surface area contributed by atoms with Crippen molar-refractivity contribution in [1.29, 1.82) is 0 Å². The standard InChI is InChI=1S/C60H46O4S2.C29H30Br2O5S2.C24H25BO2.CH2O.2CH4/c61-57-53(39-65-59(57)49-35-45(41-19-5-1-6-20-41)33-46(36-49)42-21-7-2-8-22-42)51-27-13-15-29-55(51)63-31-17-18-32-64-56-30-16-14-28-52(56)54-40-66-60(58(54)62)50-37-47(43-23-9-3-10-24-43)34-48(38-50)44-25-11-4-12-26-44;1-3-32-19-36-27-23(18-38-29(27)31)21-12-6-8-14-25(21)35-16-10-9-15-34-24-13-7-5-11-20(24)22-17-37-28(30)26(22)33-4-2;1-23(2)24(3,4)27-25(26-23)22-16-20(18-11-7-5-8-12-18)15-21(17-22)19-13-9-6-10-14-19;1-2;;/h1-16,19-30,33-40,61-62H,17-18,31-32H2;5-8,11-14,17-18H,3-4,9-10,15-16,19H2,1-2H3;5-17H,1-4H3;1H2;2*1H4. The summed E-state index contributed by atoms with van der Waals surface area (Å²) in [5.41, 5.74) is 23.1. The normalized spacial score (nSPS) is 12.1. The van der Waals surface area contributed by atoms with Gasteiger partial charge in [0, 0.05) is 72.6 Å². The minimum absolute atomic E-state index is 0. The van der Waals surface area contributed by atoms with Crippen molar-refractivity contribution in [3.05, 3.63) is 363 Å². The summed E-state index contributed by atoms with van der Waals surface area (Å²) in [5.74, 6) is 5.26. The van der Waals surface area contributed by atoms with Gasteiger partial charge in [-0.2, -0.15) is 0 Å². The van der Waals surface area contributed by atoms with E-state index in [4.69, 9.17) is 47.3 Å². The van der Waals surface area contributed by atoms with E-state index < -0.39 is 0 Å². The maximum Gasteiger partial charge on any atom is 0.494 e. The number of rotatable bonds is 33. The maximum absolute atomic E-state index is 11.8. The highest BCUT2D eigenvalue weighted by Gasteiger charge is 2.52. The first-order valence-corrected chi connectivity index (χ1v) is 49.5. The van der Waals surface area contributed by atoms with E-state index >= 15 is 0 Å². The van der Waals surface area contributed by atoms with Crippen LogP contribution in [-0.4, -0.2) is 81.8 Å². The Labute approximate surface area is 827 Å². The smallest absolute Gasteiger partial charge is 0.494 e. The van der Waals surface area contributed by atoms with Gasteiger partial charge < -0.3 is 57.5 Å². The fourth-order valence-electron chi connectivity index (χ4n) is 15.6. The van der Waals surface area contributed by atoms with Gasteiger partial charge in [-0.05, 0) is 249 Å². The van der Waals surface area contributed by atoms with E-state index in [9.17, 15) is 10.2 Å². The predicted octanol–water partition coefficient (Wildman–Crippen LogP) is 32.9. The number of para-hydroxylation sites is 4. The largest absolute Gasteiger partial charge is 0.506 e. The van der Waals surface area contributed by atoms with Crippen LogP contribution in [0.2, 0.25) is 0 Å². The van der Waals surface area contributed by atoms with E-state index in [1.165, 1.54) is 44.9 Å². The molecule has 0 atom stereocenters. The van der Waals surface area contributed by atoms with Gasteiger partial charge in [0.2, 0.25) is 0 Å². The van der Waals surface area contributed by atoms with Gasteiger partial charge in [0.15, 0.2) is 18.3 Å². The van der Waals surface area contributed by atoms with Crippen molar-refractivity contribution in [2.45, 2.75) is 93.3 Å². The van der Waals surface area contributed by atoms with Gasteiger partial charge in [-0.15, -0.1) is 45.3 Å².